The van der Waals surface area contributed by atoms with Gasteiger partial charge in [0, 0.05) is 5.02 Å². The van der Waals surface area contributed by atoms with E-state index in [0.29, 0.717) is 10.8 Å². The van der Waals surface area contributed by atoms with Crippen LogP contribution in [0.4, 0.5) is 5.69 Å². The summed E-state index contributed by atoms with van der Waals surface area (Å²) in [6, 6.07) is 12.9. The van der Waals surface area contributed by atoms with Gasteiger partial charge in [0.15, 0.2) is 5.96 Å². The second kappa shape index (κ2) is 7.28. The number of nitrogens with two attached hydrogens (primary N) is 3. The molecule has 0 fully saturated rings. The highest BCUT2D eigenvalue weighted by atomic mass is 35.5. The zero-order valence-electron chi connectivity index (χ0n) is 11.9. The average molecular weight is 332 g/mol. The van der Waals surface area contributed by atoms with Gasteiger partial charge in [0.1, 0.15) is 5.75 Å². The number of carbonyl (C=O) groups is 1. The number of nitrogens with zero attached hydrogens (tertiary/aromatic N) is 2. The fraction of sp³-hybridized carbons (Fsp3) is 0. The van der Waals surface area contributed by atoms with Gasteiger partial charge in [-0.05, 0) is 36.4 Å². The van der Waals surface area contributed by atoms with Crippen molar-refractivity contribution in [2.45, 2.75) is 0 Å². The number of halogens is 1. The summed E-state index contributed by atoms with van der Waals surface area (Å²) in [6.45, 7) is 0. The molecule has 2 rings (SSSR count). The normalized spacial score (nSPS) is 10.9. The fourth-order valence-electron chi connectivity index (χ4n) is 1.69. The molecule has 0 atom stereocenters. The van der Waals surface area contributed by atoms with Gasteiger partial charge >= 0.3 is 5.97 Å². The standard InChI is InChI=1S/C15H14ClN5O2/c16-9-5-7-10(8-6-9)23-13(22)11-3-1-2-4-12(11)20-15(19)21-14(17)18/h1-8H,(H6,17,18,19,20,21). The molecular formula is C15H14ClN5O2. The third-order valence-corrected chi connectivity index (χ3v) is 2.88. The van der Waals surface area contributed by atoms with Gasteiger partial charge in [-0.2, -0.15) is 4.99 Å². The first-order chi connectivity index (χ1) is 11.0. The monoisotopic (exact) mass is 331 g/mol. The van der Waals surface area contributed by atoms with Crippen molar-refractivity contribution in [3.8, 4) is 5.75 Å². The smallest absolute Gasteiger partial charge is 0.345 e. The number of guanidine groups is 2. The number of hydrogen-bond donors (Lipinski definition) is 3. The van der Waals surface area contributed by atoms with Crippen molar-refractivity contribution in [1.82, 2.24) is 0 Å². The molecule has 23 heavy (non-hydrogen) atoms. The highest BCUT2D eigenvalue weighted by Crippen LogP contribution is 2.22. The van der Waals surface area contributed by atoms with E-state index in [-0.39, 0.29) is 23.2 Å². The predicted molar refractivity (Wildman–Crippen MR) is 89.9 cm³/mol. The third-order valence-electron chi connectivity index (χ3n) is 2.63. The van der Waals surface area contributed by atoms with Crippen molar-refractivity contribution in [3.63, 3.8) is 0 Å². The Morgan fingerprint density at radius 1 is 1.00 bits per heavy atom. The largest absolute Gasteiger partial charge is 0.423 e. The van der Waals surface area contributed by atoms with Gasteiger partial charge in [0.2, 0.25) is 5.96 Å². The van der Waals surface area contributed by atoms with E-state index in [4.69, 9.17) is 33.5 Å². The summed E-state index contributed by atoms with van der Waals surface area (Å²) in [5.74, 6) is -0.635. The fourth-order valence-corrected chi connectivity index (χ4v) is 1.82. The molecule has 0 saturated heterocycles. The third kappa shape index (κ3) is 4.72. The molecule has 0 aliphatic rings. The highest BCUT2D eigenvalue weighted by Gasteiger charge is 2.13. The van der Waals surface area contributed by atoms with Crippen molar-refractivity contribution in [2.75, 3.05) is 0 Å². The molecule has 0 aliphatic carbocycles. The van der Waals surface area contributed by atoms with Crippen LogP contribution in [-0.4, -0.2) is 17.9 Å². The van der Waals surface area contributed by atoms with Gasteiger partial charge in [-0.25, -0.2) is 9.79 Å². The summed E-state index contributed by atoms with van der Waals surface area (Å²) in [5.41, 5.74) is 16.5. The van der Waals surface area contributed by atoms with Crippen molar-refractivity contribution in [3.05, 3.63) is 59.1 Å². The van der Waals surface area contributed by atoms with Gasteiger partial charge in [-0.3, -0.25) is 0 Å². The Labute approximate surface area is 137 Å². The minimum atomic E-state index is -0.593. The van der Waals surface area contributed by atoms with Crippen LogP contribution in [0.2, 0.25) is 5.02 Å². The van der Waals surface area contributed by atoms with E-state index < -0.39 is 5.97 Å². The van der Waals surface area contributed by atoms with Gasteiger partial charge in [-0.1, -0.05) is 23.7 Å². The van der Waals surface area contributed by atoms with Gasteiger partial charge in [-0.15, -0.1) is 0 Å². The lowest BCUT2D eigenvalue weighted by molar-refractivity contribution is 0.0735. The number of aliphatic imine (C=N–C) groups is 2. The summed E-state index contributed by atoms with van der Waals surface area (Å²) in [5, 5.41) is 0.541. The second-order valence-corrected chi connectivity index (χ2v) is 4.80. The molecule has 0 aliphatic heterocycles. The van der Waals surface area contributed by atoms with Crippen LogP contribution in [0.25, 0.3) is 0 Å². The first-order valence-electron chi connectivity index (χ1n) is 6.46. The van der Waals surface area contributed by atoms with E-state index in [2.05, 4.69) is 9.98 Å². The maximum Gasteiger partial charge on any atom is 0.345 e. The number of para-hydroxylation sites is 1. The molecule has 2 aromatic rings. The molecule has 0 heterocycles. The van der Waals surface area contributed by atoms with E-state index in [1.807, 2.05) is 0 Å². The van der Waals surface area contributed by atoms with Crippen LogP contribution in [0.15, 0.2) is 58.5 Å². The van der Waals surface area contributed by atoms with Crippen LogP contribution in [0.1, 0.15) is 10.4 Å². The zero-order valence-corrected chi connectivity index (χ0v) is 12.7. The number of carbonyl (C=O) groups excluding carboxylic acids is 1. The molecule has 0 amide bonds. The summed E-state index contributed by atoms with van der Waals surface area (Å²) in [7, 11) is 0. The Morgan fingerprint density at radius 2 is 1.65 bits per heavy atom. The van der Waals surface area contributed by atoms with E-state index in [0.717, 1.165) is 0 Å². The predicted octanol–water partition coefficient (Wildman–Crippen LogP) is 1.78. The summed E-state index contributed by atoms with van der Waals surface area (Å²) >= 11 is 5.78. The molecule has 0 unspecified atom stereocenters. The molecular weight excluding hydrogens is 318 g/mol. The van der Waals surface area contributed by atoms with E-state index in [1.165, 1.54) is 0 Å². The minimum absolute atomic E-state index is 0.170. The molecule has 0 spiro atoms. The molecule has 0 bridgehead atoms. The summed E-state index contributed by atoms with van der Waals surface area (Å²) in [4.78, 5) is 19.9. The van der Waals surface area contributed by atoms with Gasteiger partial charge in [0.25, 0.3) is 0 Å². The molecule has 6 N–H and O–H groups in total. The van der Waals surface area contributed by atoms with Crippen LogP contribution >= 0.6 is 11.6 Å². The van der Waals surface area contributed by atoms with Crippen molar-refractivity contribution in [2.24, 2.45) is 27.2 Å². The lowest BCUT2D eigenvalue weighted by atomic mass is 10.2. The zero-order chi connectivity index (χ0) is 16.8. The lowest BCUT2D eigenvalue weighted by Crippen LogP contribution is -2.26. The maximum atomic E-state index is 12.3. The van der Waals surface area contributed by atoms with E-state index in [1.54, 1.807) is 48.5 Å². The van der Waals surface area contributed by atoms with Crippen LogP contribution in [0, 0.1) is 0 Å². The Hall–Kier alpha value is -3.06. The quantitative estimate of drug-likeness (QED) is 0.341. The van der Waals surface area contributed by atoms with Crippen LogP contribution in [0.3, 0.4) is 0 Å². The maximum absolute atomic E-state index is 12.3. The number of esters is 1. The number of ether oxygens (including phenoxy) is 1. The SMILES string of the molecule is NC(N)=NC(N)=Nc1ccccc1C(=O)Oc1ccc(Cl)cc1. The molecule has 0 saturated carbocycles. The Morgan fingerprint density at radius 3 is 2.30 bits per heavy atom. The Kier molecular flexibility index (Phi) is 5.16. The molecule has 0 radical (unpaired) electrons. The van der Waals surface area contributed by atoms with Gasteiger partial charge < -0.3 is 21.9 Å². The molecule has 2 aromatic carbocycles. The van der Waals surface area contributed by atoms with Crippen LogP contribution < -0.4 is 21.9 Å². The summed E-state index contributed by atoms with van der Waals surface area (Å²) < 4.78 is 5.27. The van der Waals surface area contributed by atoms with Crippen molar-refractivity contribution < 1.29 is 9.53 Å². The van der Waals surface area contributed by atoms with E-state index >= 15 is 0 Å². The van der Waals surface area contributed by atoms with Crippen molar-refractivity contribution in [1.29, 1.82) is 0 Å². The highest BCUT2D eigenvalue weighted by molar-refractivity contribution is 6.30. The molecule has 7 nitrogen and oxygen atoms in total. The Bertz CT molecular complexity index is 768. The van der Waals surface area contributed by atoms with E-state index in [9.17, 15) is 4.79 Å². The average Bonchev–Trinajstić information content (AvgIpc) is 2.49. The van der Waals surface area contributed by atoms with Crippen LogP contribution in [-0.2, 0) is 0 Å². The second-order valence-electron chi connectivity index (χ2n) is 4.37. The molecule has 118 valence electrons. The molecule has 0 aromatic heterocycles. The Balaban J connectivity index is 2.27. The number of hydrogen-bond acceptors (Lipinski definition) is 3. The van der Waals surface area contributed by atoms with Gasteiger partial charge in [0.05, 0.1) is 11.3 Å². The minimum Gasteiger partial charge on any atom is -0.423 e. The summed E-state index contributed by atoms with van der Waals surface area (Å²) in [6.07, 6.45) is 0. The molecule has 8 heteroatoms. The topological polar surface area (TPSA) is 129 Å². The first-order valence-corrected chi connectivity index (χ1v) is 6.84. The van der Waals surface area contributed by atoms with Crippen molar-refractivity contribution >= 4 is 35.2 Å². The lowest BCUT2D eigenvalue weighted by Gasteiger charge is -2.07. The number of rotatable bonds is 3. The number of benzene rings is 2. The first kappa shape index (κ1) is 16.3. The van der Waals surface area contributed by atoms with Crippen LogP contribution in [0.5, 0.6) is 5.75 Å².